The van der Waals surface area contributed by atoms with Gasteiger partial charge in [0, 0.05) is 6.42 Å². The second-order valence-corrected chi connectivity index (χ2v) is 6.52. The zero-order valence-corrected chi connectivity index (χ0v) is 17.7. The van der Waals surface area contributed by atoms with Crippen LogP contribution in [0.3, 0.4) is 0 Å². The number of guanidine groups is 2. The van der Waals surface area contributed by atoms with Crippen LogP contribution in [0.1, 0.15) is 31.4 Å². The number of ether oxygens (including phenoxy) is 2. The molecule has 10 heteroatoms. The molecule has 0 unspecified atom stereocenters. The minimum absolute atomic E-state index is 0.0794. The predicted molar refractivity (Wildman–Crippen MR) is 125 cm³/mol. The highest BCUT2D eigenvalue weighted by Gasteiger charge is 2.01. The lowest BCUT2D eigenvalue weighted by molar-refractivity contribution is 0.247. The topological polar surface area (TPSA) is 172 Å². The Balaban J connectivity index is 1.75. The van der Waals surface area contributed by atoms with Crippen molar-refractivity contribution >= 4 is 23.3 Å². The lowest BCUT2D eigenvalue weighted by Crippen LogP contribution is -2.22. The summed E-state index contributed by atoms with van der Waals surface area (Å²) in [5.41, 5.74) is 24.3. The minimum Gasteiger partial charge on any atom is -0.493 e. The summed E-state index contributed by atoms with van der Waals surface area (Å²) >= 11 is 0. The maximum atomic E-state index is 5.74. The van der Waals surface area contributed by atoms with Crippen LogP contribution in [0, 0.1) is 0 Å². The average molecular weight is 425 g/mol. The van der Waals surface area contributed by atoms with Gasteiger partial charge >= 0.3 is 0 Å². The third-order valence-corrected chi connectivity index (χ3v) is 4.00. The van der Waals surface area contributed by atoms with Crippen LogP contribution in [0.25, 0.3) is 0 Å². The van der Waals surface area contributed by atoms with Crippen LogP contribution in [0.2, 0.25) is 0 Å². The summed E-state index contributed by atoms with van der Waals surface area (Å²) in [5, 5.41) is 15.2. The van der Waals surface area contributed by atoms with Crippen LogP contribution >= 0.6 is 0 Å². The monoisotopic (exact) mass is 424 g/mol. The molecule has 2 aromatic carbocycles. The van der Waals surface area contributed by atoms with Crippen molar-refractivity contribution in [3.8, 4) is 11.5 Å². The normalized spacial score (nSPS) is 11.5. The van der Waals surface area contributed by atoms with E-state index >= 15 is 0 Å². The molecular formula is C21H28N8O2. The van der Waals surface area contributed by atoms with Crippen LogP contribution in [0.5, 0.6) is 11.5 Å². The Hall–Kier alpha value is -4.08. The van der Waals surface area contributed by atoms with Crippen molar-refractivity contribution in [3.05, 3.63) is 59.7 Å². The zero-order chi connectivity index (χ0) is 22.6. The highest BCUT2D eigenvalue weighted by molar-refractivity contribution is 5.99. The van der Waals surface area contributed by atoms with E-state index in [1.807, 2.05) is 62.4 Å². The fourth-order valence-electron chi connectivity index (χ4n) is 2.40. The Morgan fingerprint density at radius 2 is 0.968 bits per heavy atom. The van der Waals surface area contributed by atoms with Gasteiger partial charge in [-0.05, 0) is 73.5 Å². The number of benzene rings is 2. The van der Waals surface area contributed by atoms with Gasteiger partial charge in [0.25, 0.3) is 0 Å². The Morgan fingerprint density at radius 3 is 1.29 bits per heavy atom. The van der Waals surface area contributed by atoms with Gasteiger partial charge in [0.2, 0.25) is 11.9 Å². The summed E-state index contributed by atoms with van der Waals surface area (Å²) in [6, 6.07) is 15.1. The van der Waals surface area contributed by atoms with Crippen LogP contribution in [0.4, 0.5) is 0 Å². The third kappa shape index (κ3) is 8.44. The van der Waals surface area contributed by atoms with Crippen molar-refractivity contribution < 1.29 is 9.47 Å². The maximum absolute atomic E-state index is 5.74. The van der Waals surface area contributed by atoms with Gasteiger partial charge in [-0.1, -0.05) is 0 Å². The second-order valence-electron chi connectivity index (χ2n) is 6.52. The van der Waals surface area contributed by atoms with Crippen LogP contribution < -0.4 is 32.4 Å². The van der Waals surface area contributed by atoms with Gasteiger partial charge in [-0.3, -0.25) is 0 Å². The molecular weight excluding hydrogens is 396 g/mol. The minimum atomic E-state index is -0.0794. The van der Waals surface area contributed by atoms with E-state index in [1.54, 1.807) is 0 Å². The van der Waals surface area contributed by atoms with E-state index in [-0.39, 0.29) is 11.9 Å². The molecule has 0 bridgehead atoms. The molecule has 0 aliphatic heterocycles. The zero-order valence-electron chi connectivity index (χ0n) is 17.7. The van der Waals surface area contributed by atoms with Gasteiger partial charge in [0.05, 0.1) is 24.6 Å². The SMILES string of the molecule is C/C(=N\N=C(N)N)c1ccc(OCCCOc2ccc(/C(C)=N/N=C(N)N)cc2)cc1. The first-order chi connectivity index (χ1) is 14.8. The quantitative estimate of drug-likeness (QED) is 0.195. The number of hydrogen-bond acceptors (Lipinski definition) is 6. The molecule has 31 heavy (non-hydrogen) atoms. The summed E-state index contributed by atoms with van der Waals surface area (Å²) in [6.07, 6.45) is 0.736. The van der Waals surface area contributed by atoms with Gasteiger partial charge < -0.3 is 32.4 Å². The predicted octanol–water partition coefficient (Wildman–Crippen LogP) is 1.53. The summed E-state index contributed by atoms with van der Waals surface area (Å²) in [5.74, 6) is 1.37. The molecule has 10 nitrogen and oxygen atoms in total. The Bertz CT molecular complexity index is 876. The van der Waals surface area contributed by atoms with Crippen LogP contribution in [0.15, 0.2) is 68.9 Å². The third-order valence-electron chi connectivity index (χ3n) is 4.00. The van der Waals surface area contributed by atoms with Gasteiger partial charge in [0.15, 0.2) is 0 Å². The summed E-state index contributed by atoms with van der Waals surface area (Å²) in [6.45, 7) is 4.71. The Kier molecular flexibility index (Phi) is 8.84. The number of nitrogens with two attached hydrogens (primary N) is 4. The van der Waals surface area contributed by atoms with E-state index in [9.17, 15) is 0 Å². The standard InChI is InChI=1S/C21H28N8O2/c1-14(26-28-20(22)23)16-4-8-18(9-5-16)30-12-3-13-31-19-10-6-17(7-11-19)15(2)27-29-21(24)25/h4-11H,3,12-13H2,1-2H3,(H4,22,23,28)(H4,24,25,29)/b26-14+,27-15+. The average Bonchev–Trinajstić information content (AvgIpc) is 2.76. The molecule has 8 N–H and O–H groups in total. The number of rotatable bonds is 10. The van der Waals surface area contributed by atoms with E-state index < -0.39 is 0 Å². The molecule has 2 rings (SSSR count). The lowest BCUT2D eigenvalue weighted by Gasteiger charge is -2.09. The first kappa shape index (κ1) is 23.2. The largest absolute Gasteiger partial charge is 0.493 e. The highest BCUT2D eigenvalue weighted by atomic mass is 16.5. The van der Waals surface area contributed by atoms with Gasteiger partial charge in [-0.2, -0.15) is 10.2 Å². The van der Waals surface area contributed by atoms with Crippen molar-refractivity contribution in [1.82, 2.24) is 0 Å². The molecule has 0 saturated heterocycles. The van der Waals surface area contributed by atoms with Gasteiger partial charge in [-0.15, -0.1) is 10.2 Å². The van der Waals surface area contributed by atoms with E-state index in [0.717, 1.165) is 29.0 Å². The van der Waals surface area contributed by atoms with Crippen molar-refractivity contribution in [2.24, 2.45) is 43.3 Å². The summed E-state index contributed by atoms with van der Waals surface area (Å²) in [4.78, 5) is 0. The van der Waals surface area contributed by atoms with Crippen molar-refractivity contribution in [2.45, 2.75) is 20.3 Å². The van der Waals surface area contributed by atoms with Crippen molar-refractivity contribution in [3.63, 3.8) is 0 Å². The van der Waals surface area contributed by atoms with E-state index in [0.29, 0.717) is 24.6 Å². The van der Waals surface area contributed by atoms with Crippen molar-refractivity contribution in [1.29, 1.82) is 0 Å². The molecule has 0 heterocycles. The van der Waals surface area contributed by atoms with E-state index in [1.165, 1.54) is 0 Å². The van der Waals surface area contributed by atoms with Gasteiger partial charge in [0.1, 0.15) is 11.5 Å². The van der Waals surface area contributed by atoms with E-state index in [2.05, 4.69) is 20.4 Å². The van der Waals surface area contributed by atoms with Crippen LogP contribution in [-0.2, 0) is 0 Å². The molecule has 0 aromatic heterocycles. The molecule has 0 atom stereocenters. The van der Waals surface area contributed by atoms with E-state index in [4.69, 9.17) is 32.4 Å². The highest BCUT2D eigenvalue weighted by Crippen LogP contribution is 2.15. The van der Waals surface area contributed by atoms with Crippen molar-refractivity contribution in [2.75, 3.05) is 13.2 Å². The summed E-state index contributed by atoms with van der Waals surface area (Å²) in [7, 11) is 0. The molecule has 0 saturated carbocycles. The smallest absolute Gasteiger partial charge is 0.211 e. The molecule has 0 radical (unpaired) electrons. The molecule has 0 spiro atoms. The molecule has 0 fully saturated rings. The molecule has 2 aromatic rings. The Morgan fingerprint density at radius 1 is 0.613 bits per heavy atom. The fraction of sp³-hybridized carbons (Fsp3) is 0.238. The second kappa shape index (κ2) is 11.8. The number of nitrogens with zero attached hydrogens (tertiary/aromatic N) is 4. The molecule has 164 valence electrons. The number of hydrogen-bond donors (Lipinski definition) is 4. The molecule has 0 aliphatic rings. The first-order valence-electron chi connectivity index (χ1n) is 9.58. The van der Waals surface area contributed by atoms with Crippen LogP contribution in [-0.4, -0.2) is 36.6 Å². The molecule has 0 aliphatic carbocycles. The summed E-state index contributed by atoms with van der Waals surface area (Å²) < 4.78 is 11.5. The maximum Gasteiger partial charge on any atom is 0.211 e. The lowest BCUT2D eigenvalue weighted by atomic mass is 10.1. The first-order valence-corrected chi connectivity index (χ1v) is 9.58. The molecule has 0 amide bonds. The fourth-order valence-corrected chi connectivity index (χ4v) is 2.40. The Labute approximate surface area is 181 Å². The van der Waals surface area contributed by atoms with Gasteiger partial charge in [-0.25, -0.2) is 0 Å².